The molecule has 0 unspecified atom stereocenters. The standard InChI is InChI=1S/C18H36O2.C4H8N2O2.Gd/c1-2-3-4-5-6-7-8-9-10-11-12-13-14-15-16-17-18(19)20;5-3(7)1-2-4(6)8;/h2-17H2,1H3,(H,19,20);1-2H2,(H2,5,7)(H2,6,8);. The number of carboxylic acid groups (broad SMARTS) is 1. The molecule has 0 saturated carbocycles. The van der Waals surface area contributed by atoms with Gasteiger partial charge in [0, 0.05) is 59.2 Å². The molecule has 0 aromatic carbocycles. The van der Waals surface area contributed by atoms with Crippen LogP contribution in [0.25, 0.3) is 0 Å². The molecule has 2 amide bonds. The Bertz CT molecular complexity index is 379. The number of nitrogens with two attached hydrogens (primary N) is 2. The monoisotopic (exact) mass is 558 g/mol. The average molecular weight is 558 g/mol. The predicted octanol–water partition coefficient (Wildman–Crippen LogP) is 5.07. The van der Waals surface area contributed by atoms with Gasteiger partial charge in [0.25, 0.3) is 0 Å². The third-order valence-electron chi connectivity index (χ3n) is 4.61. The molecule has 174 valence electrons. The fraction of sp³-hybridized carbons (Fsp3) is 0.864. The van der Waals surface area contributed by atoms with Crippen LogP contribution in [0.3, 0.4) is 0 Å². The van der Waals surface area contributed by atoms with Crippen LogP contribution >= 0.6 is 0 Å². The van der Waals surface area contributed by atoms with Crippen LogP contribution in [-0.2, 0) is 14.4 Å². The molecular weight excluding hydrogens is 514 g/mol. The van der Waals surface area contributed by atoms with Gasteiger partial charge in [-0.15, -0.1) is 0 Å². The Hall–Kier alpha value is -0.265. The minimum Gasteiger partial charge on any atom is -0.481 e. The fourth-order valence-electron chi connectivity index (χ4n) is 2.89. The van der Waals surface area contributed by atoms with E-state index in [-0.39, 0.29) is 52.8 Å². The van der Waals surface area contributed by atoms with E-state index in [1.807, 2.05) is 0 Å². The Morgan fingerprint density at radius 3 is 1.07 bits per heavy atom. The van der Waals surface area contributed by atoms with Gasteiger partial charge >= 0.3 is 5.97 Å². The first-order valence-corrected chi connectivity index (χ1v) is 11.2. The minimum absolute atomic E-state index is 0. The van der Waals surface area contributed by atoms with Crippen LogP contribution in [0.15, 0.2) is 0 Å². The zero-order valence-corrected chi connectivity index (χ0v) is 20.7. The summed E-state index contributed by atoms with van der Waals surface area (Å²) in [5.74, 6) is -1.65. The quantitative estimate of drug-likeness (QED) is 0.192. The number of carboxylic acids is 1. The number of amides is 2. The van der Waals surface area contributed by atoms with Crippen LogP contribution in [0.4, 0.5) is 0 Å². The number of carbonyl (C=O) groups is 3. The van der Waals surface area contributed by atoms with Gasteiger partial charge in [0.05, 0.1) is 0 Å². The van der Waals surface area contributed by atoms with Crippen LogP contribution in [-0.4, -0.2) is 22.9 Å². The third-order valence-corrected chi connectivity index (χ3v) is 4.61. The van der Waals surface area contributed by atoms with E-state index in [0.29, 0.717) is 6.42 Å². The molecule has 0 saturated heterocycles. The number of unbranched alkanes of at least 4 members (excludes halogenated alkanes) is 14. The van der Waals surface area contributed by atoms with Crippen molar-refractivity contribution in [1.82, 2.24) is 0 Å². The number of hydrogen-bond acceptors (Lipinski definition) is 3. The second kappa shape index (κ2) is 27.7. The van der Waals surface area contributed by atoms with Gasteiger partial charge in [-0.1, -0.05) is 96.8 Å². The molecule has 0 rings (SSSR count). The molecule has 29 heavy (non-hydrogen) atoms. The van der Waals surface area contributed by atoms with Crippen molar-refractivity contribution in [2.24, 2.45) is 11.5 Å². The Morgan fingerprint density at radius 2 is 0.828 bits per heavy atom. The van der Waals surface area contributed by atoms with Gasteiger partial charge in [-0.25, -0.2) is 0 Å². The summed E-state index contributed by atoms with van der Waals surface area (Å²) in [5.41, 5.74) is 9.39. The number of hydrogen-bond donors (Lipinski definition) is 3. The molecule has 7 heteroatoms. The van der Waals surface area contributed by atoms with Crippen LogP contribution in [0.5, 0.6) is 0 Å². The first-order chi connectivity index (χ1) is 13.4. The van der Waals surface area contributed by atoms with Crippen molar-refractivity contribution in [3.63, 3.8) is 0 Å². The van der Waals surface area contributed by atoms with E-state index >= 15 is 0 Å². The SMILES string of the molecule is CCCCCCCCCCCCCCCCCC(=O)O.NC(=O)CCC(N)=O.[Gd]. The third kappa shape index (κ3) is 38.9. The van der Waals surface area contributed by atoms with E-state index in [1.165, 1.54) is 83.5 Å². The molecule has 0 aliphatic rings. The predicted molar refractivity (Wildman–Crippen MR) is 115 cm³/mol. The van der Waals surface area contributed by atoms with E-state index in [4.69, 9.17) is 16.6 Å². The Labute approximate surface area is 210 Å². The van der Waals surface area contributed by atoms with E-state index in [9.17, 15) is 14.4 Å². The topological polar surface area (TPSA) is 123 Å². The van der Waals surface area contributed by atoms with Gasteiger partial charge in [0.1, 0.15) is 0 Å². The maximum atomic E-state index is 10.3. The van der Waals surface area contributed by atoms with Gasteiger partial charge in [-0.05, 0) is 6.42 Å². The van der Waals surface area contributed by atoms with Crippen LogP contribution < -0.4 is 11.5 Å². The Morgan fingerprint density at radius 1 is 0.552 bits per heavy atom. The summed E-state index contributed by atoms with van der Waals surface area (Å²) in [6, 6.07) is 0. The summed E-state index contributed by atoms with van der Waals surface area (Å²) in [4.78, 5) is 30.2. The number of rotatable bonds is 19. The molecule has 0 spiro atoms. The Kier molecular flexibility index (Phi) is 31.9. The summed E-state index contributed by atoms with van der Waals surface area (Å²) in [7, 11) is 0. The van der Waals surface area contributed by atoms with Crippen LogP contribution in [0.2, 0.25) is 0 Å². The number of primary amides is 2. The number of carbonyl (C=O) groups excluding carboxylic acids is 2. The maximum absolute atomic E-state index is 10.3. The molecule has 0 aromatic rings. The molecule has 0 aromatic heterocycles. The molecule has 5 N–H and O–H groups in total. The van der Waals surface area contributed by atoms with Gasteiger partial charge in [0.15, 0.2) is 0 Å². The minimum atomic E-state index is -0.653. The normalized spacial score (nSPS) is 9.83. The van der Waals surface area contributed by atoms with Crippen molar-refractivity contribution < 1.29 is 59.4 Å². The molecular formula is C22H44GdN2O4. The molecule has 0 heterocycles. The molecule has 6 nitrogen and oxygen atoms in total. The van der Waals surface area contributed by atoms with Gasteiger partial charge < -0.3 is 16.6 Å². The Balaban J connectivity index is -0.000000636. The van der Waals surface area contributed by atoms with Crippen molar-refractivity contribution in [3.05, 3.63) is 0 Å². The summed E-state index contributed by atoms with van der Waals surface area (Å²) >= 11 is 0. The van der Waals surface area contributed by atoms with E-state index in [1.54, 1.807) is 0 Å². The van der Waals surface area contributed by atoms with Crippen LogP contribution in [0, 0.1) is 39.9 Å². The molecule has 0 aliphatic carbocycles. The van der Waals surface area contributed by atoms with E-state index in [0.717, 1.165) is 12.8 Å². The first kappa shape index (κ1) is 33.4. The van der Waals surface area contributed by atoms with Crippen molar-refractivity contribution in [2.45, 2.75) is 122 Å². The van der Waals surface area contributed by atoms with Crippen molar-refractivity contribution >= 4 is 17.8 Å². The molecule has 0 radical (unpaired) electrons. The fourth-order valence-corrected chi connectivity index (χ4v) is 2.89. The summed E-state index contributed by atoms with van der Waals surface area (Å²) < 4.78 is 0. The molecule has 0 atom stereocenters. The average Bonchev–Trinajstić information content (AvgIpc) is 2.63. The first-order valence-electron chi connectivity index (χ1n) is 11.2. The second-order valence-corrected chi connectivity index (χ2v) is 7.53. The molecule has 0 fully saturated rings. The zero-order chi connectivity index (χ0) is 21.5. The molecule has 0 aliphatic heterocycles. The second-order valence-electron chi connectivity index (χ2n) is 7.53. The summed E-state index contributed by atoms with van der Waals surface area (Å²) in [5, 5.41) is 8.52. The number of aliphatic carboxylic acids is 1. The zero-order valence-electron chi connectivity index (χ0n) is 18.4. The van der Waals surface area contributed by atoms with Gasteiger partial charge in [0.2, 0.25) is 11.8 Å². The largest absolute Gasteiger partial charge is 0.481 e. The summed E-state index contributed by atoms with van der Waals surface area (Å²) in [6.07, 6.45) is 20.3. The maximum Gasteiger partial charge on any atom is 0.303 e. The van der Waals surface area contributed by atoms with E-state index in [2.05, 4.69) is 6.92 Å². The van der Waals surface area contributed by atoms with E-state index < -0.39 is 17.8 Å². The smallest absolute Gasteiger partial charge is 0.303 e. The van der Waals surface area contributed by atoms with Crippen LogP contribution in [0.1, 0.15) is 122 Å². The summed E-state index contributed by atoms with van der Waals surface area (Å²) in [6.45, 7) is 2.27. The molecule has 0 bridgehead atoms. The van der Waals surface area contributed by atoms with Crippen molar-refractivity contribution in [1.29, 1.82) is 0 Å². The van der Waals surface area contributed by atoms with Crippen molar-refractivity contribution in [2.75, 3.05) is 0 Å². The van der Waals surface area contributed by atoms with Crippen molar-refractivity contribution in [3.8, 4) is 0 Å². The van der Waals surface area contributed by atoms with Gasteiger partial charge in [-0.3, -0.25) is 14.4 Å². The van der Waals surface area contributed by atoms with Gasteiger partial charge in [-0.2, -0.15) is 0 Å².